The van der Waals surface area contributed by atoms with Gasteiger partial charge < -0.3 is 14.8 Å². The van der Waals surface area contributed by atoms with Gasteiger partial charge >= 0.3 is 0 Å². The summed E-state index contributed by atoms with van der Waals surface area (Å²) in [5.41, 5.74) is 5.28. The largest absolute Gasteiger partial charge is 0.360 e. The van der Waals surface area contributed by atoms with Gasteiger partial charge in [-0.05, 0) is 49.8 Å². The van der Waals surface area contributed by atoms with Crippen molar-refractivity contribution in [3.8, 4) is 11.1 Å². The molecule has 0 saturated heterocycles. The highest BCUT2D eigenvalue weighted by Gasteiger charge is 2.29. The van der Waals surface area contributed by atoms with Gasteiger partial charge in [-0.25, -0.2) is 4.68 Å². The number of nitrogens with one attached hydrogen (secondary N) is 1. The molecule has 1 fully saturated rings. The van der Waals surface area contributed by atoms with E-state index in [9.17, 15) is 9.59 Å². The van der Waals surface area contributed by atoms with E-state index in [1.54, 1.807) is 0 Å². The lowest BCUT2D eigenvalue weighted by molar-refractivity contribution is -0.121. The number of hydrogen-bond donors (Lipinski definition) is 1. The molecule has 8 heteroatoms. The first-order valence-corrected chi connectivity index (χ1v) is 16.7. The number of carbonyl (C=O) groups excluding carboxylic acids is 2. The Morgan fingerprint density at radius 1 is 1.20 bits per heavy atom. The van der Waals surface area contributed by atoms with Crippen LogP contribution >= 0.6 is 0 Å². The van der Waals surface area contributed by atoms with Crippen molar-refractivity contribution in [1.29, 1.82) is 0 Å². The highest BCUT2D eigenvalue weighted by molar-refractivity contribution is 6.76. The van der Waals surface area contributed by atoms with Crippen LogP contribution < -0.4 is 5.23 Å². The summed E-state index contributed by atoms with van der Waals surface area (Å²) in [4.78, 5) is 24.0. The fraction of sp³-hybridized carbons (Fsp3) is 0.593. The summed E-state index contributed by atoms with van der Waals surface area (Å²) in [6.07, 6.45) is 6.71. The smallest absolute Gasteiger partial charge is 0.290 e. The van der Waals surface area contributed by atoms with Crippen LogP contribution in [-0.4, -0.2) is 49.9 Å². The third kappa shape index (κ3) is 7.99. The van der Waals surface area contributed by atoms with E-state index in [2.05, 4.69) is 43.9 Å². The molecule has 2 aromatic rings. The van der Waals surface area contributed by atoms with Crippen LogP contribution in [-0.2, 0) is 27.5 Å². The van der Waals surface area contributed by atoms with E-state index in [1.807, 2.05) is 23.7 Å². The Labute approximate surface area is 212 Å². The molecule has 1 radical (unpaired) electrons. The minimum atomic E-state index is -1.11. The number of carbonyl (C=O) groups is 2. The topological polar surface area (TPSA) is 73.2 Å². The third-order valence-electron chi connectivity index (χ3n) is 7.02. The van der Waals surface area contributed by atoms with Gasteiger partial charge in [0, 0.05) is 32.4 Å². The van der Waals surface area contributed by atoms with Gasteiger partial charge in [-0.15, -0.1) is 0 Å². The average Bonchev–Trinajstić information content (AvgIpc) is 3.10. The van der Waals surface area contributed by atoms with Crippen molar-refractivity contribution in [3.05, 3.63) is 41.2 Å². The molecule has 1 aromatic carbocycles. The Kier molecular flexibility index (Phi) is 10.1. The van der Waals surface area contributed by atoms with Crippen molar-refractivity contribution in [3.63, 3.8) is 0 Å². The van der Waals surface area contributed by atoms with Crippen LogP contribution in [0.2, 0.25) is 25.7 Å². The number of aryl methyl sites for hydroxylation is 1. The van der Waals surface area contributed by atoms with E-state index < -0.39 is 8.07 Å². The van der Waals surface area contributed by atoms with Gasteiger partial charge in [0.1, 0.15) is 6.73 Å². The summed E-state index contributed by atoms with van der Waals surface area (Å²) in [6, 6.07) is 9.09. The van der Waals surface area contributed by atoms with E-state index in [-0.39, 0.29) is 11.8 Å². The third-order valence-corrected chi connectivity index (χ3v) is 8.73. The van der Waals surface area contributed by atoms with Crippen LogP contribution in [0.3, 0.4) is 0 Å². The predicted octanol–water partition coefficient (Wildman–Crippen LogP) is 4.94. The van der Waals surface area contributed by atoms with Gasteiger partial charge in [0.2, 0.25) is 0 Å². The molecule has 1 N–H and O–H groups in total. The molecule has 0 bridgehead atoms. The molecule has 0 unspecified atom stereocenters. The monoisotopic (exact) mass is 494 g/mol. The highest BCUT2D eigenvalue weighted by Crippen LogP contribution is 2.29. The number of hydrogen-bond acceptors (Lipinski definition) is 5. The van der Waals surface area contributed by atoms with Crippen molar-refractivity contribution in [2.75, 3.05) is 6.61 Å². The van der Waals surface area contributed by atoms with Gasteiger partial charge in [0.05, 0.1) is 17.9 Å². The van der Waals surface area contributed by atoms with E-state index >= 15 is 0 Å². The summed E-state index contributed by atoms with van der Waals surface area (Å²) < 4.78 is 7.85. The first kappa shape index (κ1) is 27.6. The molecule has 1 aliphatic rings. The van der Waals surface area contributed by atoms with Crippen LogP contribution in [0.4, 0.5) is 0 Å². The zero-order chi connectivity index (χ0) is 25.4. The highest BCUT2D eigenvalue weighted by atomic mass is 28.3. The molecule has 1 aliphatic carbocycles. The maximum Gasteiger partial charge on any atom is 0.290 e. The quantitative estimate of drug-likeness (QED) is 0.243. The summed E-state index contributed by atoms with van der Waals surface area (Å²) >= 11 is 0. The average molecular weight is 495 g/mol. The molecule has 1 saturated carbocycles. The lowest BCUT2D eigenvalue weighted by Crippen LogP contribution is -2.46. The van der Waals surface area contributed by atoms with E-state index in [0.717, 1.165) is 72.6 Å². The normalized spacial score (nSPS) is 15.7. The van der Waals surface area contributed by atoms with Crippen molar-refractivity contribution >= 4 is 27.5 Å². The maximum atomic E-state index is 13.1. The second-order valence-corrected chi connectivity index (χ2v) is 16.7. The zero-order valence-electron chi connectivity index (χ0n) is 22.1. The molecule has 3 rings (SSSR count). The second kappa shape index (κ2) is 12.8. The molecule has 1 heterocycles. The van der Waals surface area contributed by atoms with Gasteiger partial charge in [-0.2, -0.15) is 5.10 Å². The van der Waals surface area contributed by atoms with Crippen molar-refractivity contribution < 1.29 is 14.3 Å². The first-order chi connectivity index (χ1) is 16.7. The molecule has 1 aromatic heterocycles. The number of ether oxygens (including phenoxy) is 1. The molecule has 1 atom stereocenters. The number of nitrogens with zero attached hydrogens (tertiary/aromatic N) is 2. The summed E-state index contributed by atoms with van der Waals surface area (Å²) in [5.74, 6) is 0.453. The SMILES string of the molecule is Cc1nn(COCC[Si](C)(C)C)c(C)c1-c1ccc(CC(=O)[C@@H](N[B]C=O)C2CCCCC2)cc1. The minimum Gasteiger partial charge on any atom is -0.360 e. The van der Waals surface area contributed by atoms with Gasteiger partial charge in [-0.3, -0.25) is 4.79 Å². The molecule has 0 amide bonds. The number of ketones is 1. The number of Topliss-reactive ketones (excluding diaryl/α,β-unsaturated/α-hetero) is 1. The lowest BCUT2D eigenvalue weighted by Gasteiger charge is -2.29. The molecular weight excluding hydrogens is 453 g/mol. The number of rotatable bonds is 13. The van der Waals surface area contributed by atoms with Crippen LogP contribution in [0.5, 0.6) is 0 Å². The van der Waals surface area contributed by atoms with E-state index in [0.29, 0.717) is 19.1 Å². The van der Waals surface area contributed by atoms with Gasteiger partial charge in [0.15, 0.2) is 5.78 Å². The van der Waals surface area contributed by atoms with Crippen molar-refractivity contribution in [1.82, 2.24) is 15.0 Å². The fourth-order valence-electron chi connectivity index (χ4n) is 4.97. The molecule has 0 spiro atoms. The zero-order valence-corrected chi connectivity index (χ0v) is 23.1. The standard InChI is InChI=1S/C27H41BN3O3Si/c1-20-26(21(2)31(30-20)19-34-15-16-35(3,4)5)23-13-11-22(12-14-23)17-25(33)27(29-28-18-32)24-9-7-6-8-10-24/h11-14,18,24,27,29H,6-10,15-17,19H2,1-5H3/t27-/m0/s1. The Balaban J connectivity index is 1.65. The van der Waals surface area contributed by atoms with Crippen molar-refractivity contribution in [2.45, 2.75) is 90.8 Å². The Hall–Kier alpha value is -2.03. The second-order valence-electron chi connectivity index (χ2n) is 11.1. The Morgan fingerprint density at radius 3 is 2.51 bits per heavy atom. The van der Waals surface area contributed by atoms with Crippen LogP contribution in [0.1, 0.15) is 49.1 Å². The summed E-state index contributed by atoms with van der Waals surface area (Å²) in [6.45, 7) is 12.4. The molecule has 35 heavy (non-hydrogen) atoms. The van der Waals surface area contributed by atoms with E-state index in [4.69, 9.17) is 9.84 Å². The summed E-state index contributed by atoms with van der Waals surface area (Å²) in [7, 11) is 0.265. The number of aromatic nitrogens is 2. The van der Waals surface area contributed by atoms with E-state index in [1.165, 1.54) is 13.8 Å². The molecule has 0 aliphatic heterocycles. The van der Waals surface area contributed by atoms with Crippen LogP contribution in [0.15, 0.2) is 24.3 Å². The minimum absolute atomic E-state index is 0.151. The molecule has 6 nitrogen and oxygen atoms in total. The van der Waals surface area contributed by atoms with Gasteiger partial charge in [-0.1, -0.05) is 63.2 Å². The van der Waals surface area contributed by atoms with Crippen molar-refractivity contribution in [2.24, 2.45) is 5.92 Å². The lowest BCUT2D eigenvalue weighted by atomic mass is 9.79. The molecular formula is C27H41BN3O3Si. The first-order valence-electron chi connectivity index (χ1n) is 13.0. The van der Waals surface area contributed by atoms with Gasteiger partial charge in [0.25, 0.3) is 7.41 Å². The van der Waals surface area contributed by atoms with Crippen LogP contribution in [0.25, 0.3) is 11.1 Å². The fourth-order valence-corrected chi connectivity index (χ4v) is 5.73. The maximum absolute atomic E-state index is 13.1. The predicted molar refractivity (Wildman–Crippen MR) is 146 cm³/mol. The molecule has 189 valence electrons. The number of benzene rings is 1. The Bertz CT molecular complexity index is 979. The Morgan fingerprint density at radius 2 is 1.89 bits per heavy atom. The summed E-state index contributed by atoms with van der Waals surface area (Å²) in [5, 5.41) is 7.78. The van der Waals surface area contributed by atoms with Crippen LogP contribution in [0, 0.1) is 19.8 Å².